The molecule has 3 aliphatic carbocycles. The van der Waals surface area contributed by atoms with Crippen molar-refractivity contribution < 1.29 is 36.9 Å². The maximum absolute atomic E-state index is 12.6. The summed E-state index contributed by atoms with van der Waals surface area (Å²) in [6.45, 7) is 0.913. The smallest absolute Gasteiger partial charge is 0.371 e. The Morgan fingerprint density at radius 1 is 1.29 bits per heavy atom. The summed E-state index contributed by atoms with van der Waals surface area (Å²) >= 11 is 0. The van der Waals surface area contributed by atoms with Gasteiger partial charge in [-0.15, -0.1) is 0 Å². The van der Waals surface area contributed by atoms with E-state index in [4.69, 9.17) is 27.0 Å². The molecule has 10 heteroatoms. The van der Waals surface area contributed by atoms with Crippen molar-refractivity contribution >= 4 is 16.2 Å². The third-order valence-electron chi connectivity index (χ3n) is 6.63. The maximum Gasteiger partial charge on any atom is 0.394 e. The summed E-state index contributed by atoms with van der Waals surface area (Å²) in [5, 5.41) is 11.4. The number of piperidine rings is 1. The summed E-state index contributed by atoms with van der Waals surface area (Å²) in [7, 11) is -0.950. The van der Waals surface area contributed by atoms with Crippen LogP contribution in [0.15, 0.2) is 35.5 Å². The zero-order chi connectivity index (χ0) is 20.5. The lowest BCUT2D eigenvalue weighted by atomic mass is 9.52. The fraction of sp³-hybridized carbons (Fsp3) is 0.611. The second kappa shape index (κ2) is 6.30. The molecule has 0 radical (unpaired) electrons. The minimum Gasteiger partial charge on any atom is -0.371 e. The molecular weight excluding hydrogens is 390 g/mol. The Kier molecular flexibility index (Phi) is 4.47. The number of ether oxygens (including phenoxy) is 2. The lowest BCUT2D eigenvalue weighted by Gasteiger charge is -2.56. The van der Waals surface area contributed by atoms with Crippen LogP contribution in [-0.2, 0) is 24.7 Å². The number of nitrogens with zero attached hydrogens (tertiary/aromatic N) is 1. The number of aliphatic hydroxyl groups is 1. The van der Waals surface area contributed by atoms with Crippen molar-refractivity contribution in [2.75, 3.05) is 20.7 Å². The molecule has 2 aliphatic heterocycles. The third kappa shape index (κ3) is 2.67. The highest BCUT2D eigenvalue weighted by molar-refractivity contribution is 7.79. The normalized spacial score (nSPS) is 43.5. The van der Waals surface area contributed by atoms with E-state index < -0.39 is 33.8 Å². The fourth-order valence-electron chi connectivity index (χ4n) is 5.69. The van der Waals surface area contributed by atoms with Gasteiger partial charge in [-0.2, -0.15) is 8.42 Å². The van der Waals surface area contributed by atoms with Crippen LogP contribution in [0.3, 0.4) is 0 Å². The highest BCUT2D eigenvalue weighted by atomic mass is 32.3. The molecule has 9 nitrogen and oxygen atoms in total. The highest BCUT2D eigenvalue weighted by Gasteiger charge is 2.71. The van der Waals surface area contributed by atoms with Crippen molar-refractivity contribution in [3.05, 3.63) is 35.5 Å². The first-order valence-electron chi connectivity index (χ1n) is 9.00. The Morgan fingerprint density at radius 2 is 1.96 bits per heavy atom. The Labute approximate surface area is 162 Å². The predicted octanol–water partition coefficient (Wildman–Crippen LogP) is 0.152. The first-order valence-corrected chi connectivity index (χ1v) is 10.4. The average Bonchev–Trinajstić information content (AvgIpc) is 2.87. The SMILES string of the molecule is COC1C=CC2=C3C1(O)O[C@H]1C(=O)C=C[C@H]4[C@@H](C2)N(C)CC[C@]314.O=S(=O)(O)O. The first-order chi connectivity index (χ1) is 13.0. The van der Waals surface area contributed by atoms with Gasteiger partial charge in [-0.1, -0.05) is 12.2 Å². The van der Waals surface area contributed by atoms with Gasteiger partial charge in [0.1, 0.15) is 12.2 Å². The van der Waals surface area contributed by atoms with Crippen LogP contribution in [0, 0.1) is 11.3 Å². The number of carbonyl (C=O) groups is 1. The molecule has 2 heterocycles. The zero-order valence-electron chi connectivity index (χ0n) is 15.5. The van der Waals surface area contributed by atoms with E-state index in [0.29, 0.717) is 6.04 Å². The Balaban J connectivity index is 0.000000346. The molecule has 3 N–H and O–H groups in total. The molecule has 1 spiro atoms. The van der Waals surface area contributed by atoms with Gasteiger partial charge in [-0.25, -0.2) is 0 Å². The summed E-state index contributed by atoms with van der Waals surface area (Å²) < 4.78 is 43.1. The van der Waals surface area contributed by atoms with Crippen molar-refractivity contribution in [1.29, 1.82) is 0 Å². The number of hydrogen-bond donors (Lipinski definition) is 3. The van der Waals surface area contributed by atoms with Crippen LogP contribution in [-0.4, -0.2) is 78.1 Å². The number of methoxy groups -OCH3 is 1. The second-order valence-corrected chi connectivity index (χ2v) is 8.78. The van der Waals surface area contributed by atoms with Crippen molar-refractivity contribution in [3.63, 3.8) is 0 Å². The van der Waals surface area contributed by atoms with Gasteiger partial charge in [0, 0.05) is 30.1 Å². The lowest BCUT2D eigenvalue weighted by Crippen LogP contribution is -2.61. The molecule has 0 aromatic carbocycles. The van der Waals surface area contributed by atoms with Crippen molar-refractivity contribution in [1.82, 2.24) is 4.90 Å². The number of carbonyl (C=O) groups excluding carboxylic acids is 1. The van der Waals surface area contributed by atoms with E-state index in [1.54, 1.807) is 13.2 Å². The Bertz CT molecular complexity index is 901. The summed E-state index contributed by atoms with van der Waals surface area (Å²) in [4.78, 5) is 15.0. The molecule has 5 aliphatic rings. The molecule has 0 amide bonds. The standard InChI is InChI=1S/C18H21NO4.H2O4S/c1-19-8-7-17-11-4-5-13(20)16(17)23-18(21)14(22-2)6-3-10(15(17)18)9-12(11)19;1-5(2,3)4/h3-6,11-12,14,16,21H,7-9H2,1-2H3;(H2,1,2,3,4)/t11-,12+,14?,16-,17-,18?;/m0./s1. The van der Waals surface area contributed by atoms with E-state index >= 15 is 0 Å². The molecule has 28 heavy (non-hydrogen) atoms. The quantitative estimate of drug-likeness (QED) is 0.514. The van der Waals surface area contributed by atoms with Crippen LogP contribution in [0.25, 0.3) is 0 Å². The van der Waals surface area contributed by atoms with Gasteiger partial charge in [0.25, 0.3) is 0 Å². The maximum atomic E-state index is 12.6. The van der Waals surface area contributed by atoms with Crippen LogP contribution in [0.2, 0.25) is 0 Å². The van der Waals surface area contributed by atoms with Crippen LogP contribution in [0.5, 0.6) is 0 Å². The first kappa shape index (κ1) is 19.9. The van der Waals surface area contributed by atoms with Crippen molar-refractivity contribution in [2.45, 2.75) is 36.9 Å². The molecule has 0 saturated carbocycles. The van der Waals surface area contributed by atoms with Gasteiger partial charge in [-0.3, -0.25) is 13.9 Å². The van der Waals surface area contributed by atoms with E-state index in [1.165, 1.54) is 0 Å². The van der Waals surface area contributed by atoms with Gasteiger partial charge in [0.05, 0.1) is 0 Å². The molecule has 0 aromatic rings. The van der Waals surface area contributed by atoms with E-state index in [0.717, 1.165) is 30.5 Å². The molecule has 2 unspecified atom stereocenters. The monoisotopic (exact) mass is 413 g/mol. The van der Waals surface area contributed by atoms with E-state index in [2.05, 4.69) is 24.1 Å². The Hall–Kier alpha value is -1.40. The number of rotatable bonds is 1. The van der Waals surface area contributed by atoms with Gasteiger partial charge >= 0.3 is 10.4 Å². The minimum absolute atomic E-state index is 0.0315. The van der Waals surface area contributed by atoms with Crippen molar-refractivity contribution in [2.24, 2.45) is 11.3 Å². The molecule has 2 fully saturated rings. The van der Waals surface area contributed by atoms with Crippen molar-refractivity contribution in [3.8, 4) is 0 Å². The molecule has 2 saturated heterocycles. The van der Waals surface area contributed by atoms with E-state index in [1.807, 2.05) is 6.08 Å². The number of likely N-dealkylation sites (tertiary alicyclic amines) is 1. The largest absolute Gasteiger partial charge is 0.394 e. The molecule has 5 rings (SSSR count). The van der Waals surface area contributed by atoms with Gasteiger partial charge < -0.3 is 19.5 Å². The van der Waals surface area contributed by atoms with Crippen LogP contribution in [0.4, 0.5) is 0 Å². The molecule has 6 atom stereocenters. The van der Waals surface area contributed by atoms with E-state index in [-0.39, 0.29) is 11.7 Å². The van der Waals surface area contributed by atoms with Gasteiger partial charge in [-0.05, 0) is 44.2 Å². The Morgan fingerprint density at radius 3 is 2.61 bits per heavy atom. The third-order valence-corrected chi connectivity index (χ3v) is 6.63. The number of ketones is 1. The average molecular weight is 413 g/mol. The van der Waals surface area contributed by atoms with Crippen LogP contribution in [0.1, 0.15) is 12.8 Å². The molecule has 0 aromatic heterocycles. The number of allylic oxidation sites excluding steroid dienone is 1. The minimum atomic E-state index is -4.67. The van der Waals surface area contributed by atoms with Gasteiger partial charge in [0.15, 0.2) is 5.78 Å². The lowest BCUT2D eigenvalue weighted by molar-refractivity contribution is -0.223. The fourth-order valence-corrected chi connectivity index (χ4v) is 5.69. The summed E-state index contributed by atoms with van der Waals surface area (Å²) in [6, 6.07) is 0.351. The van der Waals surface area contributed by atoms with Crippen LogP contribution >= 0.6 is 0 Å². The predicted molar refractivity (Wildman–Crippen MR) is 96.7 cm³/mol. The highest BCUT2D eigenvalue weighted by Crippen LogP contribution is 2.65. The summed E-state index contributed by atoms with van der Waals surface area (Å²) in [5.41, 5.74) is 1.63. The second-order valence-electron chi connectivity index (χ2n) is 7.89. The molecule has 154 valence electrons. The zero-order valence-corrected chi connectivity index (χ0v) is 16.3. The van der Waals surface area contributed by atoms with Gasteiger partial charge in [0.2, 0.25) is 5.79 Å². The van der Waals surface area contributed by atoms with Crippen LogP contribution < -0.4 is 0 Å². The number of hydrogen-bond acceptors (Lipinski definition) is 7. The summed E-state index contributed by atoms with van der Waals surface area (Å²) in [6.07, 6.45) is 8.18. The topological polar surface area (TPSA) is 134 Å². The molecule has 2 bridgehead atoms. The summed E-state index contributed by atoms with van der Waals surface area (Å²) in [5.74, 6) is -1.33. The van der Waals surface area contributed by atoms with E-state index in [9.17, 15) is 9.90 Å². The molecular formula is C18H23NO8S.